The topological polar surface area (TPSA) is 74.6 Å². The fraction of sp³-hybridized carbons (Fsp3) is 0.667. The molecular weight excluding hydrogens is 208 g/mol. The van der Waals surface area contributed by atoms with Crippen molar-refractivity contribution in [3.8, 4) is 0 Å². The molecule has 90 valence electrons. The number of hydrogen-bond acceptors (Lipinski definition) is 2. The van der Waals surface area contributed by atoms with Crippen LogP contribution in [0.3, 0.4) is 0 Å². The van der Waals surface area contributed by atoms with Crippen LogP contribution >= 0.6 is 0 Å². The average Bonchev–Trinajstić information content (AvgIpc) is 2.25. The zero-order valence-corrected chi connectivity index (χ0v) is 9.32. The van der Waals surface area contributed by atoms with E-state index in [0.29, 0.717) is 12.3 Å². The normalized spacial score (nSPS) is 18.4. The third-order valence-corrected chi connectivity index (χ3v) is 3.12. The first-order valence-electron chi connectivity index (χ1n) is 5.76. The molecule has 0 spiro atoms. The molecule has 0 aliphatic heterocycles. The number of hydrogen-bond donors (Lipinski definition) is 2. The summed E-state index contributed by atoms with van der Waals surface area (Å²) in [5.74, 6) is -1.72. The van der Waals surface area contributed by atoms with Crippen LogP contribution in [0.5, 0.6) is 0 Å². The monoisotopic (exact) mass is 226 g/mol. The van der Waals surface area contributed by atoms with E-state index < -0.39 is 11.9 Å². The molecule has 0 aromatic rings. The second kappa shape index (κ2) is 6.30. The van der Waals surface area contributed by atoms with Gasteiger partial charge in [-0.2, -0.15) is 0 Å². The van der Waals surface area contributed by atoms with Crippen LogP contribution in [0.4, 0.5) is 0 Å². The lowest BCUT2D eigenvalue weighted by Gasteiger charge is -2.21. The molecule has 16 heavy (non-hydrogen) atoms. The summed E-state index contributed by atoms with van der Waals surface area (Å²) in [6, 6.07) is 0. The summed E-state index contributed by atoms with van der Waals surface area (Å²) in [6.07, 6.45) is 7.99. The molecule has 1 aliphatic carbocycles. The zero-order chi connectivity index (χ0) is 12.0. The van der Waals surface area contributed by atoms with Crippen molar-refractivity contribution in [1.29, 1.82) is 0 Å². The van der Waals surface area contributed by atoms with E-state index in [1.54, 1.807) is 0 Å². The van der Waals surface area contributed by atoms with Crippen LogP contribution in [0.25, 0.3) is 0 Å². The van der Waals surface area contributed by atoms with Crippen molar-refractivity contribution in [3.05, 3.63) is 11.6 Å². The highest BCUT2D eigenvalue weighted by atomic mass is 16.4. The van der Waals surface area contributed by atoms with Crippen molar-refractivity contribution in [2.75, 3.05) is 0 Å². The lowest BCUT2D eigenvalue weighted by Crippen LogP contribution is -2.09. The van der Waals surface area contributed by atoms with Crippen LogP contribution < -0.4 is 0 Å². The van der Waals surface area contributed by atoms with Gasteiger partial charge in [-0.15, -0.1) is 0 Å². The molecule has 2 N–H and O–H groups in total. The summed E-state index contributed by atoms with van der Waals surface area (Å²) >= 11 is 0. The van der Waals surface area contributed by atoms with Gasteiger partial charge in [0.2, 0.25) is 0 Å². The van der Waals surface area contributed by atoms with E-state index in [1.165, 1.54) is 19.3 Å². The highest BCUT2D eigenvalue weighted by Gasteiger charge is 2.16. The maximum absolute atomic E-state index is 10.8. The molecule has 0 heterocycles. The molecule has 1 fully saturated rings. The van der Waals surface area contributed by atoms with Gasteiger partial charge in [-0.3, -0.25) is 0 Å². The summed E-state index contributed by atoms with van der Waals surface area (Å²) in [7, 11) is 0. The van der Waals surface area contributed by atoms with E-state index in [9.17, 15) is 9.59 Å². The van der Waals surface area contributed by atoms with E-state index in [0.717, 1.165) is 25.3 Å². The van der Waals surface area contributed by atoms with Crippen LogP contribution in [0.1, 0.15) is 44.9 Å². The first kappa shape index (κ1) is 12.7. The Hall–Kier alpha value is -1.32. The van der Waals surface area contributed by atoms with Gasteiger partial charge < -0.3 is 10.2 Å². The second-order valence-electron chi connectivity index (χ2n) is 4.36. The molecule has 0 radical (unpaired) electrons. The lowest BCUT2D eigenvalue weighted by atomic mass is 9.85. The van der Waals surface area contributed by atoms with Gasteiger partial charge in [0, 0.05) is 11.6 Å². The minimum absolute atomic E-state index is 0.0121. The molecule has 0 bridgehead atoms. The van der Waals surface area contributed by atoms with Crippen molar-refractivity contribution in [2.24, 2.45) is 5.92 Å². The average molecular weight is 226 g/mol. The van der Waals surface area contributed by atoms with Gasteiger partial charge in [-0.05, 0) is 18.8 Å². The lowest BCUT2D eigenvalue weighted by molar-refractivity contribution is -0.135. The van der Waals surface area contributed by atoms with Crippen molar-refractivity contribution in [1.82, 2.24) is 0 Å². The summed E-state index contributed by atoms with van der Waals surface area (Å²) in [4.78, 5) is 21.2. The van der Waals surface area contributed by atoms with Gasteiger partial charge in [0.1, 0.15) is 0 Å². The summed E-state index contributed by atoms with van der Waals surface area (Å²) < 4.78 is 0. The summed E-state index contributed by atoms with van der Waals surface area (Å²) in [5.41, 5.74) is 0.0121. The highest BCUT2D eigenvalue weighted by molar-refractivity contribution is 5.94. The van der Waals surface area contributed by atoms with E-state index in [-0.39, 0.29) is 5.57 Å². The standard InChI is InChI=1S/C12H18O4/c13-11(14)8-10(12(15)16)7-6-9-4-2-1-3-5-9/h8-9H,1-7H2,(H,13,14)(H,15,16)/b10-8+. The smallest absolute Gasteiger partial charge is 0.331 e. The molecule has 0 aromatic carbocycles. The Kier molecular flexibility index (Phi) is 5.02. The molecule has 0 atom stereocenters. The molecule has 1 rings (SSSR count). The fourth-order valence-electron chi connectivity index (χ4n) is 2.23. The second-order valence-corrected chi connectivity index (χ2v) is 4.36. The molecule has 0 unspecified atom stereocenters. The van der Waals surface area contributed by atoms with Crippen LogP contribution in [0.2, 0.25) is 0 Å². The Balaban J connectivity index is 2.43. The third-order valence-electron chi connectivity index (χ3n) is 3.12. The molecule has 4 heteroatoms. The maximum Gasteiger partial charge on any atom is 0.331 e. The fourth-order valence-corrected chi connectivity index (χ4v) is 2.23. The van der Waals surface area contributed by atoms with E-state index in [2.05, 4.69) is 0 Å². The Morgan fingerprint density at radius 1 is 1.12 bits per heavy atom. The van der Waals surface area contributed by atoms with Crippen LogP contribution in [0, 0.1) is 5.92 Å². The predicted octanol–water partition coefficient (Wildman–Crippen LogP) is 2.44. The molecule has 0 amide bonds. The van der Waals surface area contributed by atoms with Crippen molar-refractivity contribution < 1.29 is 19.8 Å². The number of aliphatic carboxylic acids is 2. The maximum atomic E-state index is 10.8. The van der Waals surface area contributed by atoms with Crippen molar-refractivity contribution in [3.63, 3.8) is 0 Å². The van der Waals surface area contributed by atoms with Crippen LogP contribution in [0.15, 0.2) is 11.6 Å². The van der Waals surface area contributed by atoms with Crippen molar-refractivity contribution in [2.45, 2.75) is 44.9 Å². The highest BCUT2D eigenvalue weighted by Crippen LogP contribution is 2.28. The van der Waals surface area contributed by atoms with Crippen molar-refractivity contribution >= 4 is 11.9 Å². The number of carboxylic acid groups (broad SMARTS) is 2. The minimum Gasteiger partial charge on any atom is -0.478 e. The number of rotatable bonds is 5. The Morgan fingerprint density at radius 3 is 2.25 bits per heavy atom. The number of carboxylic acids is 2. The zero-order valence-electron chi connectivity index (χ0n) is 9.32. The van der Waals surface area contributed by atoms with Gasteiger partial charge in [-0.1, -0.05) is 32.1 Å². The van der Waals surface area contributed by atoms with Gasteiger partial charge in [0.05, 0.1) is 0 Å². The Morgan fingerprint density at radius 2 is 1.75 bits per heavy atom. The largest absolute Gasteiger partial charge is 0.478 e. The SMILES string of the molecule is O=C(O)/C=C(\CCC1CCCCC1)C(=O)O. The molecule has 0 saturated heterocycles. The van der Waals surface area contributed by atoms with Gasteiger partial charge >= 0.3 is 11.9 Å². The van der Waals surface area contributed by atoms with Crippen LogP contribution in [-0.2, 0) is 9.59 Å². The van der Waals surface area contributed by atoms with Crippen LogP contribution in [-0.4, -0.2) is 22.2 Å². The van der Waals surface area contributed by atoms with E-state index in [1.807, 2.05) is 0 Å². The van der Waals surface area contributed by atoms with Gasteiger partial charge in [0.25, 0.3) is 0 Å². The molecular formula is C12H18O4. The Bertz CT molecular complexity index is 287. The Labute approximate surface area is 95.0 Å². The summed E-state index contributed by atoms with van der Waals surface area (Å²) in [5, 5.41) is 17.4. The van der Waals surface area contributed by atoms with E-state index in [4.69, 9.17) is 10.2 Å². The van der Waals surface area contributed by atoms with Gasteiger partial charge in [0.15, 0.2) is 0 Å². The number of carbonyl (C=O) groups is 2. The van der Waals surface area contributed by atoms with E-state index >= 15 is 0 Å². The molecule has 1 aliphatic rings. The molecule has 1 saturated carbocycles. The quantitative estimate of drug-likeness (QED) is 0.706. The van der Waals surface area contributed by atoms with Gasteiger partial charge in [-0.25, -0.2) is 9.59 Å². The third kappa shape index (κ3) is 4.47. The molecule has 0 aromatic heterocycles. The first-order valence-corrected chi connectivity index (χ1v) is 5.76. The molecule has 4 nitrogen and oxygen atoms in total. The predicted molar refractivity (Wildman–Crippen MR) is 59.2 cm³/mol. The first-order chi connectivity index (χ1) is 7.59. The minimum atomic E-state index is -1.18. The summed E-state index contributed by atoms with van der Waals surface area (Å²) in [6.45, 7) is 0.